The lowest BCUT2D eigenvalue weighted by molar-refractivity contribution is -0.0720. The van der Waals surface area contributed by atoms with E-state index >= 15 is 0 Å². The molecule has 0 aromatic rings. The number of rotatable bonds is 5. The predicted octanol–water partition coefficient (Wildman–Crippen LogP) is 5.67. The fraction of sp³-hybridized carbons (Fsp3) is 1.00. The Morgan fingerprint density at radius 2 is 1.94 bits per heavy atom. The van der Waals surface area contributed by atoms with Crippen molar-refractivity contribution in [1.82, 2.24) is 0 Å². The zero-order chi connectivity index (χ0) is 13.0. The molecule has 0 heterocycles. The second-order valence-electron chi connectivity index (χ2n) is 8.34. The van der Waals surface area contributed by atoms with E-state index in [1.165, 1.54) is 44.9 Å². The third-order valence-corrected chi connectivity index (χ3v) is 7.87. The first-order valence-corrected chi connectivity index (χ1v) is 8.50. The molecule has 4 rings (SSSR count). The van der Waals surface area contributed by atoms with Gasteiger partial charge in [-0.2, -0.15) is 0 Å². The number of hydrogen-bond donors (Lipinski definition) is 0. The predicted molar refractivity (Wildman–Crippen MR) is 78.5 cm³/mol. The van der Waals surface area contributed by atoms with Crippen LogP contribution in [0.2, 0.25) is 0 Å². The van der Waals surface area contributed by atoms with Crippen molar-refractivity contribution >= 4 is 0 Å². The van der Waals surface area contributed by atoms with Gasteiger partial charge in [-0.3, -0.25) is 0 Å². The van der Waals surface area contributed by atoms with Crippen LogP contribution in [0.25, 0.3) is 0 Å². The van der Waals surface area contributed by atoms with Gasteiger partial charge in [-0.25, -0.2) is 0 Å². The highest BCUT2D eigenvalue weighted by Gasteiger charge is 2.63. The lowest BCUT2D eigenvalue weighted by atomic mass is 9.48. The summed E-state index contributed by atoms with van der Waals surface area (Å²) < 4.78 is 0. The van der Waals surface area contributed by atoms with E-state index in [-0.39, 0.29) is 0 Å². The Bertz CT molecular complexity index is 316. The summed E-state index contributed by atoms with van der Waals surface area (Å²) in [5.41, 5.74) is 1.44. The second kappa shape index (κ2) is 4.25. The molecule has 0 spiro atoms. The van der Waals surface area contributed by atoms with Crippen LogP contribution in [-0.4, -0.2) is 0 Å². The SMILES string of the molecule is CCC(CCC1(C)C2CCC1(C)C2)C1CCC1C. The first-order valence-electron chi connectivity index (χ1n) is 8.50. The summed E-state index contributed by atoms with van der Waals surface area (Å²) >= 11 is 0. The normalized spacial score (nSPS) is 51.7. The van der Waals surface area contributed by atoms with Gasteiger partial charge in [-0.15, -0.1) is 0 Å². The van der Waals surface area contributed by atoms with E-state index in [0.29, 0.717) is 5.41 Å². The van der Waals surface area contributed by atoms with Crippen molar-refractivity contribution in [2.75, 3.05) is 0 Å². The lowest BCUT2D eigenvalue weighted by Crippen LogP contribution is -2.48. The van der Waals surface area contributed by atoms with Gasteiger partial charge in [0.15, 0.2) is 0 Å². The van der Waals surface area contributed by atoms with Gasteiger partial charge < -0.3 is 0 Å². The minimum atomic E-state index is 0.716. The van der Waals surface area contributed by atoms with Gasteiger partial charge in [-0.05, 0) is 73.0 Å². The Kier molecular flexibility index (Phi) is 3.07. The molecule has 18 heavy (non-hydrogen) atoms. The third kappa shape index (κ3) is 1.63. The van der Waals surface area contributed by atoms with Crippen LogP contribution in [0, 0.1) is 34.5 Å². The lowest BCUT2D eigenvalue weighted by Gasteiger charge is -2.56. The summed E-state index contributed by atoms with van der Waals surface area (Å²) in [5.74, 6) is 4.22. The second-order valence-corrected chi connectivity index (χ2v) is 8.34. The molecule has 0 saturated heterocycles. The molecular formula is C18H32. The molecule has 4 aliphatic rings. The quantitative estimate of drug-likeness (QED) is 0.588. The smallest absolute Gasteiger partial charge is 0.0243 e. The molecule has 6 unspecified atom stereocenters. The maximum absolute atomic E-state index is 2.62. The molecule has 4 aliphatic carbocycles. The topological polar surface area (TPSA) is 0 Å². The van der Waals surface area contributed by atoms with E-state index in [9.17, 15) is 0 Å². The summed E-state index contributed by atoms with van der Waals surface area (Å²) in [7, 11) is 0. The number of fused-ring (bicyclic) bond motifs is 1. The minimum absolute atomic E-state index is 0.716. The van der Waals surface area contributed by atoms with Crippen molar-refractivity contribution in [3.8, 4) is 0 Å². The van der Waals surface area contributed by atoms with Crippen LogP contribution >= 0.6 is 0 Å². The first kappa shape index (κ1) is 13.0. The van der Waals surface area contributed by atoms with E-state index in [1.54, 1.807) is 6.42 Å². The van der Waals surface area contributed by atoms with E-state index in [4.69, 9.17) is 0 Å². The van der Waals surface area contributed by atoms with Crippen LogP contribution < -0.4 is 0 Å². The highest BCUT2D eigenvalue weighted by Crippen LogP contribution is 2.72. The van der Waals surface area contributed by atoms with Gasteiger partial charge in [-0.1, -0.05) is 40.5 Å². The van der Waals surface area contributed by atoms with Crippen LogP contribution in [0.3, 0.4) is 0 Å². The van der Waals surface area contributed by atoms with Crippen LogP contribution in [0.5, 0.6) is 0 Å². The summed E-state index contributed by atoms with van der Waals surface area (Å²) in [4.78, 5) is 0. The van der Waals surface area contributed by atoms with E-state index in [2.05, 4.69) is 27.7 Å². The fourth-order valence-corrected chi connectivity index (χ4v) is 5.77. The zero-order valence-electron chi connectivity index (χ0n) is 13.0. The fourth-order valence-electron chi connectivity index (χ4n) is 5.77. The monoisotopic (exact) mass is 248 g/mol. The van der Waals surface area contributed by atoms with Crippen molar-refractivity contribution in [2.45, 2.75) is 79.1 Å². The molecule has 0 nitrogen and oxygen atoms in total. The molecule has 4 fully saturated rings. The largest absolute Gasteiger partial charge is 0.0651 e. The molecule has 2 bridgehead atoms. The minimum Gasteiger partial charge on any atom is -0.0651 e. The Balaban J connectivity index is 1.57. The summed E-state index contributed by atoms with van der Waals surface area (Å²) in [6, 6.07) is 0. The molecule has 4 saturated carbocycles. The molecule has 0 aromatic carbocycles. The van der Waals surface area contributed by atoms with E-state index < -0.39 is 0 Å². The van der Waals surface area contributed by atoms with Crippen molar-refractivity contribution in [2.24, 2.45) is 34.5 Å². The summed E-state index contributed by atoms with van der Waals surface area (Å²) in [6.45, 7) is 10.1. The van der Waals surface area contributed by atoms with Gasteiger partial charge in [0.1, 0.15) is 0 Å². The zero-order valence-corrected chi connectivity index (χ0v) is 13.0. The van der Waals surface area contributed by atoms with Crippen LogP contribution in [0.1, 0.15) is 79.1 Å². The van der Waals surface area contributed by atoms with Crippen molar-refractivity contribution in [3.05, 3.63) is 0 Å². The molecule has 0 heteroatoms. The Morgan fingerprint density at radius 3 is 2.33 bits per heavy atom. The average molecular weight is 248 g/mol. The molecule has 0 radical (unpaired) electrons. The molecule has 104 valence electrons. The van der Waals surface area contributed by atoms with Crippen LogP contribution in [0.4, 0.5) is 0 Å². The van der Waals surface area contributed by atoms with Crippen molar-refractivity contribution < 1.29 is 0 Å². The Hall–Kier alpha value is 0. The molecule has 6 atom stereocenters. The van der Waals surface area contributed by atoms with Gasteiger partial charge in [0.25, 0.3) is 0 Å². The summed E-state index contributed by atoms with van der Waals surface area (Å²) in [5, 5.41) is 0. The highest BCUT2D eigenvalue weighted by molar-refractivity contribution is 5.12. The van der Waals surface area contributed by atoms with E-state index in [0.717, 1.165) is 29.1 Å². The van der Waals surface area contributed by atoms with Crippen molar-refractivity contribution in [3.63, 3.8) is 0 Å². The van der Waals surface area contributed by atoms with Gasteiger partial charge >= 0.3 is 0 Å². The standard InChI is InChI=1S/C18H32/c1-5-14(16-7-6-13(16)2)8-11-18(4)15-9-10-17(18,3)12-15/h13-16H,5-12H2,1-4H3. The van der Waals surface area contributed by atoms with Gasteiger partial charge in [0, 0.05) is 0 Å². The summed E-state index contributed by atoms with van der Waals surface area (Å²) in [6.07, 6.45) is 12.1. The van der Waals surface area contributed by atoms with Gasteiger partial charge in [0.2, 0.25) is 0 Å². The highest BCUT2D eigenvalue weighted by atomic mass is 14.7. The molecular weight excluding hydrogens is 216 g/mol. The molecule has 0 aliphatic heterocycles. The maximum atomic E-state index is 2.62. The van der Waals surface area contributed by atoms with Crippen LogP contribution in [0.15, 0.2) is 0 Å². The van der Waals surface area contributed by atoms with Crippen LogP contribution in [-0.2, 0) is 0 Å². The molecule has 0 aromatic heterocycles. The van der Waals surface area contributed by atoms with E-state index in [1.807, 2.05) is 0 Å². The Morgan fingerprint density at radius 1 is 1.17 bits per heavy atom. The third-order valence-electron chi connectivity index (χ3n) is 7.87. The maximum Gasteiger partial charge on any atom is -0.0243 e. The Labute approximate surface area is 114 Å². The average Bonchev–Trinajstić information content (AvgIpc) is 2.86. The number of hydrogen-bond acceptors (Lipinski definition) is 0. The molecule has 0 N–H and O–H groups in total. The first-order chi connectivity index (χ1) is 8.50. The van der Waals surface area contributed by atoms with Gasteiger partial charge in [0.05, 0.1) is 0 Å². The molecule has 0 amide bonds. The van der Waals surface area contributed by atoms with Crippen molar-refractivity contribution in [1.29, 1.82) is 0 Å².